The van der Waals surface area contributed by atoms with Gasteiger partial charge in [0.05, 0.1) is 15.4 Å². The summed E-state index contributed by atoms with van der Waals surface area (Å²) in [5.74, 6) is -0.928. The predicted molar refractivity (Wildman–Crippen MR) is 72.7 cm³/mol. The SMILES string of the molecule is O=C(O)c1c(-c2ccc(Cl)s2)cn2ccccc12. The number of carbonyl (C=O) groups is 1. The van der Waals surface area contributed by atoms with Gasteiger partial charge >= 0.3 is 5.97 Å². The molecule has 0 saturated heterocycles. The maximum atomic E-state index is 11.4. The molecule has 0 unspecified atom stereocenters. The van der Waals surface area contributed by atoms with Crippen molar-refractivity contribution in [3.05, 3.63) is 52.6 Å². The summed E-state index contributed by atoms with van der Waals surface area (Å²) in [6.07, 6.45) is 3.65. The van der Waals surface area contributed by atoms with Gasteiger partial charge in [0.25, 0.3) is 0 Å². The van der Waals surface area contributed by atoms with Crippen molar-refractivity contribution in [3.8, 4) is 10.4 Å². The topological polar surface area (TPSA) is 41.7 Å². The smallest absolute Gasteiger partial charge is 0.338 e. The highest BCUT2D eigenvalue weighted by atomic mass is 35.5. The van der Waals surface area contributed by atoms with Crippen LogP contribution in [0, 0.1) is 0 Å². The first-order chi connectivity index (χ1) is 8.66. The molecule has 0 spiro atoms. The Kier molecular flexibility index (Phi) is 2.61. The zero-order valence-electron chi connectivity index (χ0n) is 9.13. The zero-order chi connectivity index (χ0) is 12.7. The van der Waals surface area contributed by atoms with Crippen LogP contribution in [0.25, 0.3) is 16.0 Å². The summed E-state index contributed by atoms with van der Waals surface area (Å²) in [5.41, 5.74) is 1.70. The summed E-state index contributed by atoms with van der Waals surface area (Å²) in [6, 6.07) is 9.10. The van der Waals surface area contributed by atoms with Crippen LogP contribution in [0.15, 0.2) is 42.7 Å². The first-order valence-electron chi connectivity index (χ1n) is 5.25. The Morgan fingerprint density at radius 3 is 2.78 bits per heavy atom. The molecule has 18 heavy (non-hydrogen) atoms. The number of fused-ring (bicyclic) bond motifs is 1. The first-order valence-corrected chi connectivity index (χ1v) is 6.45. The number of hydrogen-bond acceptors (Lipinski definition) is 2. The Hall–Kier alpha value is -1.78. The lowest BCUT2D eigenvalue weighted by Gasteiger charge is -1.96. The van der Waals surface area contributed by atoms with Gasteiger partial charge in [-0.05, 0) is 24.3 Å². The third-order valence-electron chi connectivity index (χ3n) is 2.74. The van der Waals surface area contributed by atoms with Crippen LogP contribution < -0.4 is 0 Å². The number of thiophene rings is 1. The van der Waals surface area contributed by atoms with Gasteiger partial charge in [-0.25, -0.2) is 4.79 Å². The molecule has 0 fully saturated rings. The van der Waals surface area contributed by atoms with Gasteiger partial charge in [0.2, 0.25) is 0 Å². The molecule has 90 valence electrons. The number of pyridine rings is 1. The minimum absolute atomic E-state index is 0.314. The van der Waals surface area contributed by atoms with Gasteiger partial charge in [-0.15, -0.1) is 11.3 Å². The minimum atomic E-state index is -0.928. The van der Waals surface area contributed by atoms with Crippen LogP contribution in [0.1, 0.15) is 10.4 Å². The summed E-state index contributed by atoms with van der Waals surface area (Å²) in [5, 5.41) is 9.38. The summed E-state index contributed by atoms with van der Waals surface area (Å²) >= 11 is 7.28. The van der Waals surface area contributed by atoms with Gasteiger partial charge in [0.1, 0.15) is 0 Å². The van der Waals surface area contributed by atoms with E-state index in [2.05, 4.69) is 0 Å². The van der Waals surface area contributed by atoms with Crippen LogP contribution in [-0.4, -0.2) is 15.5 Å². The lowest BCUT2D eigenvalue weighted by molar-refractivity contribution is 0.0700. The van der Waals surface area contributed by atoms with Crippen molar-refractivity contribution in [3.63, 3.8) is 0 Å². The molecule has 0 saturated carbocycles. The van der Waals surface area contributed by atoms with E-state index in [1.807, 2.05) is 35.0 Å². The average Bonchev–Trinajstić information content (AvgIpc) is 2.91. The monoisotopic (exact) mass is 277 g/mol. The molecule has 0 aliphatic heterocycles. The van der Waals surface area contributed by atoms with E-state index in [4.69, 9.17) is 11.6 Å². The third kappa shape index (κ3) is 1.70. The molecule has 3 nitrogen and oxygen atoms in total. The number of carboxylic acids is 1. The molecule has 0 aliphatic rings. The van der Waals surface area contributed by atoms with Gasteiger partial charge in [-0.3, -0.25) is 0 Å². The summed E-state index contributed by atoms with van der Waals surface area (Å²) in [6.45, 7) is 0. The van der Waals surface area contributed by atoms with E-state index in [-0.39, 0.29) is 0 Å². The van der Waals surface area contributed by atoms with Crippen LogP contribution in [0.4, 0.5) is 0 Å². The summed E-state index contributed by atoms with van der Waals surface area (Å²) < 4.78 is 2.46. The molecule has 0 amide bonds. The normalized spacial score (nSPS) is 10.9. The van der Waals surface area contributed by atoms with Crippen molar-refractivity contribution in [1.29, 1.82) is 0 Å². The Morgan fingerprint density at radius 2 is 2.11 bits per heavy atom. The molecule has 0 bridgehead atoms. The fourth-order valence-corrected chi connectivity index (χ4v) is 3.05. The van der Waals surface area contributed by atoms with E-state index in [0.29, 0.717) is 21.0 Å². The van der Waals surface area contributed by atoms with Crippen LogP contribution in [0.3, 0.4) is 0 Å². The zero-order valence-corrected chi connectivity index (χ0v) is 10.7. The van der Waals surface area contributed by atoms with E-state index in [1.54, 1.807) is 12.1 Å². The number of carboxylic acid groups (broad SMARTS) is 1. The fourth-order valence-electron chi connectivity index (χ4n) is 1.99. The largest absolute Gasteiger partial charge is 0.478 e. The molecule has 1 N–H and O–H groups in total. The number of nitrogens with zero attached hydrogens (tertiary/aromatic N) is 1. The number of rotatable bonds is 2. The van der Waals surface area contributed by atoms with Crippen molar-refractivity contribution in [1.82, 2.24) is 4.40 Å². The molecule has 3 aromatic rings. The number of aromatic nitrogens is 1. The highest BCUT2D eigenvalue weighted by molar-refractivity contribution is 7.19. The first kappa shape index (κ1) is 11.3. The molecular weight excluding hydrogens is 270 g/mol. The standard InChI is InChI=1S/C13H8ClNO2S/c14-11-5-4-10(18-11)8-7-15-6-2-1-3-9(15)12(8)13(16)17/h1-7H,(H,16,17). The predicted octanol–water partition coefficient (Wildman–Crippen LogP) is 4.02. The Balaban J connectivity index is 2.34. The van der Waals surface area contributed by atoms with E-state index < -0.39 is 5.97 Å². The molecule has 0 aromatic carbocycles. The quantitative estimate of drug-likeness (QED) is 0.769. The van der Waals surface area contributed by atoms with E-state index >= 15 is 0 Å². The molecule has 3 aromatic heterocycles. The molecule has 0 aliphatic carbocycles. The van der Waals surface area contributed by atoms with Gasteiger partial charge in [-0.2, -0.15) is 0 Å². The molecule has 0 radical (unpaired) electrons. The minimum Gasteiger partial charge on any atom is -0.478 e. The van der Waals surface area contributed by atoms with Crippen LogP contribution in [-0.2, 0) is 0 Å². The highest BCUT2D eigenvalue weighted by Gasteiger charge is 2.19. The summed E-state index contributed by atoms with van der Waals surface area (Å²) in [4.78, 5) is 12.3. The number of hydrogen-bond donors (Lipinski definition) is 1. The maximum absolute atomic E-state index is 11.4. The van der Waals surface area contributed by atoms with Crippen molar-refractivity contribution < 1.29 is 9.90 Å². The summed E-state index contributed by atoms with van der Waals surface area (Å²) in [7, 11) is 0. The lowest BCUT2D eigenvalue weighted by Crippen LogP contribution is -1.97. The maximum Gasteiger partial charge on any atom is 0.338 e. The Bertz CT molecular complexity index is 744. The molecular formula is C13H8ClNO2S. The van der Waals surface area contributed by atoms with E-state index in [1.165, 1.54) is 11.3 Å². The fraction of sp³-hybridized carbons (Fsp3) is 0. The van der Waals surface area contributed by atoms with Gasteiger partial charge < -0.3 is 9.51 Å². The van der Waals surface area contributed by atoms with Gasteiger partial charge in [0, 0.05) is 22.8 Å². The van der Waals surface area contributed by atoms with Gasteiger partial charge in [0.15, 0.2) is 0 Å². The molecule has 0 atom stereocenters. The number of halogens is 1. The van der Waals surface area contributed by atoms with Crippen molar-refractivity contribution in [2.45, 2.75) is 0 Å². The van der Waals surface area contributed by atoms with Crippen LogP contribution in [0.5, 0.6) is 0 Å². The third-order valence-corrected chi connectivity index (χ3v) is 4.00. The molecule has 3 heterocycles. The van der Waals surface area contributed by atoms with Crippen LogP contribution >= 0.6 is 22.9 Å². The van der Waals surface area contributed by atoms with Crippen molar-refractivity contribution >= 4 is 34.4 Å². The van der Waals surface area contributed by atoms with Crippen molar-refractivity contribution in [2.24, 2.45) is 0 Å². The average molecular weight is 278 g/mol. The second-order valence-electron chi connectivity index (χ2n) is 3.82. The van der Waals surface area contributed by atoms with Crippen LogP contribution in [0.2, 0.25) is 4.34 Å². The second kappa shape index (κ2) is 4.15. The van der Waals surface area contributed by atoms with E-state index in [0.717, 1.165) is 4.88 Å². The van der Waals surface area contributed by atoms with E-state index in [9.17, 15) is 9.90 Å². The molecule has 3 rings (SSSR count). The Morgan fingerprint density at radius 1 is 1.28 bits per heavy atom. The van der Waals surface area contributed by atoms with Crippen molar-refractivity contribution in [2.75, 3.05) is 0 Å². The second-order valence-corrected chi connectivity index (χ2v) is 5.53. The molecule has 5 heteroatoms. The highest BCUT2D eigenvalue weighted by Crippen LogP contribution is 2.35. The lowest BCUT2D eigenvalue weighted by atomic mass is 10.1. The van der Waals surface area contributed by atoms with Gasteiger partial charge in [-0.1, -0.05) is 17.7 Å². The number of aromatic carboxylic acids is 1. The Labute approximate surface area is 112 Å².